The van der Waals surface area contributed by atoms with Gasteiger partial charge in [-0.15, -0.1) is 0 Å². The van der Waals surface area contributed by atoms with E-state index < -0.39 is 0 Å². The summed E-state index contributed by atoms with van der Waals surface area (Å²) in [5, 5.41) is 9.01. The molecule has 1 N–H and O–H groups in total. The maximum atomic E-state index is 9.01. The van der Waals surface area contributed by atoms with Crippen LogP contribution in [0.4, 0.5) is 0 Å². The highest BCUT2D eigenvalue weighted by Gasteiger charge is 2.21. The van der Waals surface area contributed by atoms with Crippen LogP contribution in [0.25, 0.3) is 0 Å². The number of benzene rings is 1. The molecule has 4 nitrogen and oxygen atoms in total. The summed E-state index contributed by atoms with van der Waals surface area (Å²) in [6, 6.07) is 5.39. The number of hydrogen-bond donors (Lipinski definition) is 1. The Bertz CT molecular complexity index is 333. The van der Waals surface area contributed by atoms with Gasteiger partial charge in [-0.25, -0.2) is 0 Å². The Morgan fingerprint density at radius 2 is 2.20 bits per heavy atom. The molecule has 0 spiro atoms. The van der Waals surface area contributed by atoms with Gasteiger partial charge in [0, 0.05) is 0 Å². The molecular weight excluding hydrogens is 196 g/mol. The van der Waals surface area contributed by atoms with E-state index in [0.717, 1.165) is 5.56 Å². The third kappa shape index (κ3) is 2.22. The molecule has 1 aliphatic heterocycles. The van der Waals surface area contributed by atoms with Gasteiger partial charge in [-0.3, -0.25) is 0 Å². The molecule has 2 rings (SSSR count). The summed E-state index contributed by atoms with van der Waals surface area (Å²) in [7, 11) is 1.60. The Kier molecular flexibility index (Phi) is 3.08. The summed E-state index contributed by atoms with van der Waals surface area (Å²) >= 11 is 0. The van der Waals surface area contributed by atoms with Gasteiger partial charge in [-0.05, 0) is 17.7 Å². The van der Waals surface area contributed by atoms with E-state index in [4.69, 9.17) is 19.3 Å². The first-order chi connectivity index (χ1) is 7.33. The highest BCUT2D eigenvalue weighted by atomic mass is 16.6. The molecule has 1 aromatic carbocycles. The van der Waals surface area contributed by atoms with Gasteiger partial charge in [-0.1, -0.05) is 6.07 Å². The molecule has 1 heterocycles. The molecule has 0 aliphatic carbocycles. The SMILES string of the molecule is COc1ccc(CO)cc1OC1COC1. The second kappa shape index (κ2) is 4.51. The number of aliphatic hydroxyl groups is 1. The smallest absolute Gasteiger partial charge is 0.162 e. The van der Waals surface area contributed by atoms with E-state index in [1.54, 1.807) is 19.2 Å². The van der Waals surface area contributed by atoms with Crippen LogP contribution >= 0.6 is 0 Å². The summed E-state index contributed by atoms with van der Waals surface area (Å²) in [5.41, 5.74) is 0.811. The van der Waals surface area contributed by atoms with Crippen molar-refractivity contribution in [3.05, 3.63) is 23.8 Å². The average Bonchev–Trinajstić information content (AvgIpc) is 2.23. The molecule has 0 saturated carbocycles. The fourth-order valence-corrected chi connectivity index (χ4v) is 1.37. The monoisotopic (exact) mass is 210 g/mol. The van der Waals surface area contributed by atoms with Crippen LogP contribution in [0.3, 0.4) is 0 Å². The number of methoxy groups -OCH3 is 1. The molecule has 0 radical (unpaired) electrons. The third-order valence-corrected chi connectivity index (χ3v) is 2.31. The lowest BCUT2D eigenvalue weighted by molar-refractivity contribution is -0.0803. The Balaban J connectivity index is 2.16. The van der Waals surface area contributed by atoms with E-state index in [9.17, 15) is 0 Å². The van der Waals surface area contributed by atoms with Crippen LogP contribution in [0.1, 0.15) is 5.56 Å². The minimum atomic E-state index is 0.00151. The minimum Gasteiger partial charge on any atom is -0.493 e. The molecule has 15 heavy (non-hydrogen) atoms. The third-order valence-electron chi connectivity index (χ3n) is 2.31. The van der Waals surface area contributed by atoms with Crippen LogP contribution < -0.4 is 9.47 Å². The maximum Gasteiger partial charge on any atom is 0.162 e. The highest BCUT2D eigenvalue weighted by Crippen LogP contribution is 2.29. The first-order valence-electron chi connectivity index (χ1n) is 4.85. The standard InChI is InChI=1S/C11H14O4/c1-13-10-3-2-8(5-12)4-11(10)15-9-6-14-7-9/h2-4,9,12H,5-7H2,1H3. The van der Waals surface area contributed by atoms with Crippen molar-refractivity contribution in [2.45, 2.75) is 12.7 Å². The van der Waals surface area contributed by atoms with Gasteiger partial charge in [0.25, 0.3) is 0 Å². The second-order valence-electron chi connectivity index (χ2n) is 3.42. The molecule has 0 aromatic heterocycles. The highest BCUT2D eigenvalue weighted by molar-refractivity contribution is 5.43. The fourth-order valence-electron chi connectivity index (χ4n) is 1.37. The summed E-state index contributed by atoms with van der Waals surface area (Å²) < 4.78 is 15.8. The van der Waals surface area contributed by atoms with E-state index in [-0.39, 0.29) is 12.7 Å². The average molecular weight is 210 g/mol. The van der Waals surface area contributed by atoms with Gasteiger partial charge in [-0.2, -0.15) is 0 Å². The molecule has 0 unspecified atom stereocenters. The summed E-state index contributed by atoms with van der Waals surface area (Å²) in [5.74, 6) is 1.34. The topological polar surface area (TPSA) is 47.9 Å². The molecule has 0 bridgehead atoms. The first-order valence-corrected chi connectivity index (χ1v) is 4.85. The van der Waals surface area contributed by atoms with Crippen molar-refractivity contribution >= 4 is 0 Å². The molecular formula is C11H14O4. The fraction of sp³-hybridized carbons (Fsp3) is 0.455. The molecule has 0 atom stereocenters. The summed E-state index contributed by atoms with van der Waals surface area (Å²) in [6.07, 6.45) is 0.104. The van der Waals surface area contributed by atoms with Crippen LogP contribution in [0.2, 0.25) is 0 Å². The van der Waals surface area contributed by atoms with Gasteiger partial charge in [0.1, 0.15) is 6.10 Å². The van der Waals surface area contributed by atoms with E-state index in [1.165, 1.54) is 0 Å². The van der Waals surface area contributed by atoms with Gasteiger partial charge in [0.15, 0.2) is 11.5 Å². The molecule has 1 fully saturated rings. The lowest BCUT2D eigenvalue weighted by atomic mass is 10.2. The second-order valence-corrected chi connectivity index (χ2v) is 3.42. The lowest BCUT2D eigenvalue weighted by Crippen LogP contribution is -2.38. The van der Waals surface area contributed by atoms with Crippen LogP contribution in [0, 0.1) is 0 Å². The van der Waals surface area contributed by atoms with Gasteiger partial charge >= 0.3 is 0 Å². The number of rotatable bonds is 4. The van der Waals surface area contributed by atoms with E-state index in [0.29, 0.717) is 24.7 Å². The Morgan fingerprint density at radius 3 is 2.73 bits per heavy atom. The zero-order valence-electron chi connectivity index (χ0n) is 8.60. The molecule has 1 aliphatic rings. The van der Waals surface area contributed by atoms with Crippen LogP contribution in [-0.4, -0.2) is 31.5 Å². The molecule has 1 saturated heterocycles. The Hall–Kier alpha value is -1.26. The maximum absolute atomic E-state index is 9.01. The minimum absolute atomic E-state index is 0.00151. The van der Waals surface area contributed by atoms with Crippen LogP contribution in [0.5, 0.6) is 11.5 Å². The number of aliphatic hydroxyl groups excluding tert-OH is 1. The van der Waals surface area contributed by atoms with Crippen molar-refractivity contribution in [2.24, 2.45) is 0 Å². The Labute approximate surface area is 88.4 Å². The van der Waals surface area contributed by atoms with Crippen molar-refractivity contribution in [2.75, 3.05) is 20.3 Å². The van der Waals surface area contributed by atoms with E-state index in [2.05, 4.69) is 0 Å². The number of hydrogen-bond acceptors (Lipinski definition) is 4. The normalized spacial score (nSPS) is 15.9. The molecule has 82 valence electrons. The summed E-state index contributed by atoms with van der Waals surface area (Å²) in [6.45, 7) is 1.24. The molecule has 0 amide bonds. The van der Waals surface area contributed by atoms with Gasteiger partial charge < -0.3 is 19.3 Å². The predicted octanol–water partition coefficient (Wildman–Crippen LogP) is 0.965. The zero-order chi connectivity index (χ0) is 10.7. The van der Waals surface area contributed by atoms with E-state index >= 15 is 0 Å². The van der Waals surface area contributed by atoms with Crippen LogP contribution in [-0.2, 0) is 11.3 Å². The number of ether oxygens (including phenoxy) is 3. The van der Waals surface area contributed by atoms with Crippen molar-refractivity contribution in [3.63, 3.8) is 0 Å². The van der Waals surface area contributed by atoms with Crippen molar-refractivity contribution in [3.8, 4) is 11.5 Å². The first kappa shape index (κ1) is 10.3. The summed E-state index contributed by atoms with van der Waals surface area (Å²) in [4.78, 5) is 0. The van der Waals surface area contributed by atoms with Gasteiger partial charge in [0.2, 0.25) is 0 Å². The van der Waals surface area contributed by atoms with Crippen LogP contribution in [0.15, 0.2) is 18.2 Å². The largest absolute Gasteiger partial charge is 0.493 e. The van der Waals surface area contributed by atoms with Gasteiger partial charge in [0.05, 0.1) is 26.9 Å². The van der Waals surface area contributed by atoms with Crippen molar-refractivity contribution in [1.82, 2.24) is 0 Å². The lowest BCUT2D eigenvalue weighted by Gasteiger charge is -2.27. The molecule has 4 heteroatoms. The quantitative estimate of drug-likeness (QED) is 0.804. The Morgan fingerprint density at radius 1 is 1.40 bits per heavy atom. The zero-order valence-corrected chi connectivity index (χ0v) is 8.60. The van der Waals surface area contributed by atoms with E-state index in [1.807, 2.05) is 6.07 Å². The van der Waals surface area contributed by atoms with Crippen molar-refractivity contribution in [1.29, 1.82) is 0 Å². The molecule has 1 aromatic rings. The van der Waals surface area contributed by atoms with Crippen molar-refractivity contribution < 1.29 is 19.3 Å². The predicted molar refractivity (Wildman–Crippen MR) is 54.2 cm³/mol.